The Hall–Kier alpha value is -1.90. The third-order valence-electron chi connectivity index (χ3n) is 4.35. The molecule has 4 rings (SSSR count). The third-order valence-corrected chi connectivity index (χ3v) is 4.35. The normalized spacial score (nSPS) is 25.7. The topological polar surface area (TPSA) is 58.4 Å². The number of nitrogens with one attached hydrogen (secondary N) is 1. The van der Waals surface area contributed by atoms with Crippen molar-refractivity contribution >= 4 is 11.5 Å². The Labute approximate surface area is 124 Å². The fourth-order valence-corrected chi connectivity index (χ4v) is 3.28. The molecule has 2 aromatic heterocycles. The van der Waals surface area contributed by atoms with Gasteiger partial charge in [0.2, 0.25) is 0 Å². The van der Waals surface area contributed by atoms with Gasteiger partial charge in [0.05, 0.1) is 0 Å². The van der Waals surface area contributed by atoms with Gasteiger partial charge in [0.25, 0.3) is 5.82 Å². The zero-order chi connectivity index (χ0) is 15.3. The molecule has 0 radical (unpaired) electrons. The Bertz CT molecular complexity index is 697. The maximum absolute atomic E-state index is 12.9. The molecule has 2 unspecified atom stereocenters. The van der Waals surface area contributed by atoms with E-state index >= 15 is 0 Å². The van der Waals surface area contributed by atoms with Gasteiger partial charge in [-0.2, -0.15) is 17.7 Å². The Morgan fingerprint density at radius 1 is 1.09 bits per heavy atom. The van der Waals surface area contributed by atoms with Crippen LogP contribution in [0.4, 0.5) is 19.0 Å². The molecule has 22 heavy (non-hydrogen) atoms. The summed E-state index contributed by atoms with van der Waals surface area (Å²) in [7, 11) is 0. The second-order valence-corrected chi connectivity index (χ2v) is 5.86. The zero-order valence-corrected chi connectivity index (χ0v) is 11.7. The maximum atomic E-state index is 12.9. The van der Waals surface area contributed by atoms with E-state index in [0.29, 0.717) is 17.9 Å². The summed E-state index contributed by atoms with van der Waals surface area (Å²) in [6.07, 6.45) is -1.31. The highest BCUT2D eigenvalue weighted by molar-refractivity contribution is 5.46. The highest BCUT2D eigenvalue weighted by atomic mass is 19.4. The van der Waals surface area contributed by atoms with Crippen LogP contribution in [0.1, 0.15) is 25.1 Å². The first-order valence-electron chi connectivity index (χ1n) is 7.31. The van der Waals surface area contributed by atoms with Crippen LogP contribution in [0.5, 0.6) is 0 Å². The minimum absolute atomic E-state index is 0.102. The second kappa shape index (κ2) is 4.80. The van der Waals surface area contributed by atoms with Crippen molar-refractivity contribution in [2.45, 2.75) is 37.5 Å². The summed E-state index contributed by atoms with van der Waals surface area (Å²) in [6, 6.07) is 4.14. The molecule has 0 saturated carbocycles. The van der Waals surface area contributed by atoms with E-state index < -0.39 is 12.0 Å². The first kappa shape index (κ1) is 13.7. The molecule has 0 aliphatic carbocycles. The van der Waals surface area contributed by atoms with E-state index in [1.165, 1.54) is 12.5 Å². The highest BCUT2D eigenvalue weighted by Gasteiger charge is 2.38. The standard InChI is InChI=1S/C13H15F3N6/c14-13(15,16)12-19-18-10-3-4-11(20-22(10)12)21-6-5-8-1-2-9(7-21)17-8/h3-4,8-9,17H,1-2,5-7H2. The molecule has 0 amide bonds. The van der Waals surface area contributed by atoms with Gasteiger partial charge in [-0.25, -0.2) is 0 Å². The van der Waals surface area contributed by atoms with Crippen molar-refractivity contribution in [3.63, 3.8) is 0 Å². The van der Waals surface area contributed by atoms with E-state index in [1.807, 2.05) is 4.90 Å². The summed E-state index contributed by atoms with van der Waals surface area (Å²) in [5.41, 5.74) is 0.102. The van der Waals surface area contributed by atoms with Crippen LogP contribution in [0.15, 0.2) is 12.1 Å². The number of hydrogen-bond donors (Lipinski definition) is 1. The molecule has 2 atom stereocenters. The summed E-state index contributed by atoms with van der Waals surface area (Å²) in [5, 5.41) is 14.4. The number of fused-ring (bicyclic) bond motifs is 3. The van der Waals surface area contributed by atoms with Crippen LogP contribution >= 0.6 is 0 Å². The predicted octanol–water partition coefficient (Wildman–Crippen LogP) is 1.47. The highest BCUT2D eigenvalue weighted by Crippen LogP contribution is 2.28. The van der Waals surface area contributed by atoms with Gasteiger partial charge in [-0.05, 0) is 31.4 Å². The van der Waals surface area contributed by atoms with E-state index in [0.717, 1.165) is 30.4 Å². The van der Waals surface area contributed by atoms with Crippen LogP contribution in [0, 0.1) is 0 Å². The molecule has 1 N–H and O–H groups in total. The molecule has 118 valence electrons. The van der Waals surface area contributed by atoms with Gasteiger partial charge in [0.15, 0.2) is 5.65 Å². The Morgan fingerprint density at radius 2 is 1.91 bits per heavy atom. The Morgan fingerprint density at radius 3 is 2.73 bits per heavy atom. The van der Waals surface area contributed by atoms with E-state index in [4.69, 9.17) is 0 Å². The quantitative estimate of drug-likeness (QED) is 0.864. The van der Waals surface area contributed by atoms with Crippen molar-refractivity contribution in [3.8, 4) is 0 Å². The van der Waals surface area contributed by atoms with E-state index in [9.17, 15) is 13.2 Å². The SMILES string of the molecule is FC(F)(F)c1nnc2ccc(N3CCC4CCC(C3)N4)nn12. The van der Waals surface area contributed by atoms with Crippen molar-refractivity contribution in [1.82, 2.24) is 25.1 Å². The van der Waals surface area contributed by atoms with Crippen molar-refractivity contribution in [2.24, 2.45) is 0 Å². The lowest BCUT2D eigenvalue weighted by molar-refractivity contribution is -0.146. The molecule has 9 heteroatoms. The van der Waals surface area contributed by atoms with Gasteiger partial charge >= 0.3 is 6.18 Å². The largest absolute Gasteiger partial charge is 0.453 e. The van der Waals surface area contributed by atoms with Crippen LogP contribution in [0.2, 0.25) is 0 Å². The van der Waals surface area contributed by atoms with E-state index in [2.05, 4.69) is 20.6 Å². The van der Waals surface area contributed by atoms with Gasteiger partial charge in [0, 0.05) is 25.2 Å². The van der Waals surface area contributed by atoms with Crippen LogP contribution in [-0.2, 0) is 6.18 Å². The molecule has 2 bridgehead atoms. The molecule has 4 heterocycles. The average molecular weight is 312 g/mol. The average Bonchev–Trinajstić information content (AvgIpc) is 3.01. The van der Waals surface area contributed by atoms with Gasteiger partial charge in [0.1, 0.15) is 5.82 Å². The first-order valence-corrected chi connectivity index (χ1v) is 7.31. The third kappa shape index (κ3) is 2.29. The molecule has 0 spiro atoms. The Kier molecular flexibility index (Phi) is 3.00. The predicted molar refractivity (Wildman–Crippen MR) is 72.6 cm³/mol. The minimum atomic E-state index is -4.57. The lowest BCUT2D eigenvalue weighted by Gasteiger charge is -2.25. The van der Waals surface area contributed by atoms with Crippen LogP contribution in [0.3, 0.4) is 0 Å². The number of nitrogens with zero attached hydrogens (tertiary/aromatic N) is 5. The monoisotopic (exact) mass is 312 g/mol. The number of halogens is 3. The zero-order valence-electron chi connectivity index (χ0n) is 11.7. The first-order chi connectivity index (χ1) is 10.5. The van der Waals surface area contributed by atoms with Crippen molar-refractivity contribution < 1.29 is 13.2 Å². The van der Waals surface area contributed by atoms with Crippen LogP contribution in [0.25, 0.3) is 5.65 Å². The lowest BCUT2D eigenvalue weighted by Crippen LogP contribution is -2.36. The fourth-order valence-electron chi connectivity index (χ4n) is 3.28. The molecule has 6 nitrogen and oxygen atoms in total. The molecule has 2 fully saturated rings. The van der Waals surface area contributed by atoms with Crippen LogP contribution < -0.4 is 10.2 Å². The molecule has 2 aromatic rings. The van der Waals surface area contributed by atoms with Crippen molar-refractivity contribution in [3.05, 3.63) is 18.0 Å². The molecule has 0 aromatic carbocycles. The van der Waals surface area contributed by atoms with Crippen molar-refractivity contribution in [2.75, 3.05) is 18.0 Å². The maximum Gasteiger partial charge on any atom is 0.453 e. The van der Waals surface area contributed by atoms with Crippen molar-refractivity contribution in [1.29, 1.82) is 0 Å². The van der Waals surface area contributed by atoms with Crippen LogP contribution in [-0.4, -0.2) is 45.0 Å². The van der Waals surface area contributed by atoms with E-state index in [1.54, 1.807) is 6.07 Å². The summed E-state index contributed by atoms with van der Waals surface area (Å²) in [6.45, 7) is 1.55. The summed E-state index contributed by atoms with van der Waals surface area (Å²) < 4.78 is 39.6. The van der Waals surface area contributed by atoms with Gasteiger partial charge < -0.3 is 10.2 Å². The molecule has 2 aliphatic rings. The summed E-state index contributed by atoms with van der Waals surface area (Å²) in [5.74, 6) is -0.550. The molecular weight excluding hydrogens is 297 g/mol. The van der Waals surface area contributed by atoms with Gasteiger partial charge in [-0.3, -0.25) is 0 Å². The van der Waals surface area contributed by atoms with Gasteiger partial charge in [-0.15, -0.1) is 15.3 Å². The van der Waals surface area contributed by atoms with E-state index in [-0.39, 0.29) is 5.65 Å². The number of rotatable bonds is 1. The number of anilines is 1. The minimum Gasteiger partial charge on any atom is -0.354 e. The molecular formula is C13H15F3N6. The number of alkyl halides is 3. The lowest BCUT2D eigenvalue weighted by atomic mass is 10.1. The summed E-state index contributed by atoms with van der Waals surface area (Å²) >= 11 is 0. The second-order valence-electron chi connectivity index (χ2n) is 5.86. The number of hydrogen-bond acceptors (Lipinski definition) is 5. The molecule has 2 saturated heterocycles. The van der Waals surface area contributed by atoms with Gasteiger partial charge in [-0.1, -0.05) is 0 Å². The fraction of sp³-hybridized carbons (Fsp3) is 0.615. The smallest absolute Gasteiger partial charge is 0.354 e. The molecule has 2 aliphatic heterocycles. The Balaban J connectivity index is 1.70. The summed E-state index contributed by atoms with van der Waals surface area (Å²) in [4.78, 5) is 2.04. The number of aromatic nitrogens is 4.